The van der Waals surface area contributed by atoms with Crippen molar-refractivity contribution >= 4 is 27.3 Å². The van der Waals surface area contributed by atoms with Gasteiger partial charge in [-0.3, -0.25) is 15.0 Å². The van der Waals surface area contributed by atoms with Crippen LogP contribution in [0.25, 0.3) is 0 Å². The second kappa shape index (κ2) is 7.54. The van der Waals surface area contributed by atoms with Crippen LogP contribution in [0.2, 0.25) is 5.02 Å². The van der Waals surface area contributed by atoms with Gasteiger partial charge in [0.05, 0.1) is 18.1 Å². The Kier molecular flexibility index (Phi) is 5.93. The SMILES string of the molecule is C[C@@H]1COCCN1CCNS(=O)(=O)c1ccc(Cl)cc1[N+](=O)[O-]. The maximum atomic E-state index is 12.3. The van der Waals surface area contributed by atoms with Gasteiger partial charge in [-0.2, -0.15) is 0 Å². The molecule has 1 aliphatic heterocycles. The Labute approximate surface area is 139 Å². The Morgan fingerprint density at radius 2 is 2.26 bits per heavy atom. The van der Waals surface area contributed by atoms with E-state index in [9.17, 15) is 18.5 Å². The minimum absolute atomic E-state index is 0.109. The lowest BCUT2D eigenvalue weighted by Gasteiger charge is -2.33. The lowest BCUT2D eigenvalue weighted by molar-refractivity contribution is -0.387. The Hall–Kier alpha value is -1.26. The average molecular weight is 364 g/mol. The molecule has 0 saturated carbocycles. The van der Waals surface area contributed by atoms with Crippen molar-refractivity contribution in [3.63, 3.8) is 0 Å². The van der Waals surface area contributed by atoms with Gasteiger partial charge in [0, 0.05) is 36.8 Å². The quantitative estimate of drug-likeness (QED) is 0.602. The minimum Gasteiger partial charge on any atom is -0.379 e. The number of nitrogens with zero attached hydrogens (tertiary/aromatic N) is 2. The zero-order valence-corrected chi connectivity index (χ0v) is 14.1. The summed E-state index contributed by atoms with van der Waals surface area (Å²) in [5.74, 6) is 0. The molecule has 1 heterocycles. The summed E-state index contributed by atoms with van der Waals surface area (Å²) in [6, 6.07) is 3.69. The van der Waals surface area contributed by atoms with E-state index < -0.39 is 20.6 Å². The number of nitro benzene ring substituents is 1. The first kappa shape index (κ1) is 18.1. The molecule has 2 rings (SSSR count). The predicted molar refractivity (Wildman–Crippen MR) is 85.1 cm³/mol. The van der Waals surface area contributed by atoms with Gasteiger partial charge in [0.15, 0.2) is 4.90 Å². The number of hydrogen-bond donors (Lipinski definition) is 1. The number of hydrogen-bond acceptors (Lipinski definition) is 6. The molecule has 0 aliphatic carbocycles. The summed E-state index contributed by atoms with van der Waals surface area (Å²) in [7, 11) is -3.98. The summed E-state index contributed by atoms with van der Waals surface area (Å²) in [5, 5.41) is 11.1. The number of nitrogens with one attached hydrogen (secondary N) is 1. The molecular weight excluding hydrogens is 346 g/mol. The van der Waals surface area contributed by atoms with Crippen molar-refractivity contribution in [1.29, 1.82) is 0 Å². The topological polar surface area (TPSA) is 102 Å². The van der Waals surface area contributed by atoms with Crippen LogP contribution < -0.4 is 4.72 Å². The molecule has 0 aromatic heterocycles. The van der Waals surface area contributed by atoms with Crippen LogP contribution in [0.3, 0.4) is 0 Å². The van der Waals surface area contributed by atoms with Gasteiger partial charge in [-0.25, -0.2) is 13.1 Å². The third kappa shape index (κ3) is 4.61. The second-order valence-corrected chi connectivity index (χ2v) is 7.40. The Morgan fingerprint density at radius 3 is 2.91 bits per heavy atom. The smallest absolute Gasteiger partial charge is 0.290 e. The number of morpholine rings is 1. The van der Waals surface area contributed by atoms with Crippen LogP contribution in [0.4, 0.5) is 5.69 Å². The normalized spacial score (nSPS) is 19.7. The van der Waals surface area contributed by atoms with Gasteiger partial charge in [0.25, 0.3) is 5.69 Å². The van der Waals surface area contributed by atoms with Gasteiger partial charge in [0.1, 0.15) is 0 Å². The molecule has 1 aliphatic rings. The first-order chi connectivity index (χ1) is 10.8. The molecule has 8 nitrogen and oxygen atoms in total. The summed E-state index contributed by atoms with van der Waals surface area (Å²) in [6.07, 6.45) is 0. The first-order valence-electron chi connectivity index (χ1n) is 7.06. The standard InChI is InChI=1S/C13H18ClN3O5S/c1-10-9-22-7-6-16(10)5-4-15-23(20,21)13-3-2-11(14)8-12(13)17(18)19/h2-3,8,10,15H,4-7,9H2,1H3/t10-/m1/s1. The van der Waals surface area contributed by atoms with E-state index in [0.717, 1.165) is 18.7 Å². The molecule has 1 atom stereocenters. The number of halogens is 1. The number of nitro groups is 1. The molecule has 1 fully saturated rings. The van der Waals surface area contributed by atoms with Crippen molar-refractivity contribution in [2.45, 2.75) is 17.9 Å². The zero-order valence-electron chi connectivity index (χ0n) is 12.6. The van der Waals surface area contributed by atoms with Crippen molar-refractivity contribution in [2.75, 3.05) is 32.8 Å². The second-order valence-electron chi connectivity index (χ2n) is 5.23. The number of ether oxygens (including phenoxy) is 1. The molecule has 23 heavy (non-hydrogen) atoms. The van der Waals surface area contributed by atoms with Gasteiger partial charge in [-0.05, 0) is 19.1 Å². The van der Waals surface area contributed by atoms with E-state index >= 15 is 0 Å². The van der Waals surface area contributed by atoms with Crippen LogP contribution in [-0.2, 0) is 14.8 Å². The third-order valence-corrected chi connectivity index (χ3v) is 5.35. The van der Waals surface area contributed by atoms with Crippen LogP contribution in [0.5, 0.6) is 0 Å². The van der Waals surface area contributed by atoms with Crippen LogP contribution >= 0.6 is 11.6 Å². The van der Waals surface area contributed by atoms with Gasteiger partial charge in [-0.1, -0.05) is 11.6 Å². The van der Waals surface area contributed by atoms with E-state index in [-0.39, 0.29) is 22.5 Å². The molecule has 1 aromatic carbocycles. The fourth-order valence-corrected chi connectivity index (χ4v) is 3.69. The van der Waals surface area contributed by atoms with Crippen molar-refractivity contribution in [3.05, 3.63) is 33.3 Å². The summed E-state index contributed by atoms with van der Waals surface area (Å²) < 4.78 is 32.3. The molecule has 0 amide bonds. The fourth-order valence-electron chi connectivity index (χ4n) is 2.36. The van der Waals surface area contributed by atoms with Crippen LogP contribution in [0.1, 0.15) is 6.92 Å². The van der Waals surface area contributed by atoms with Crippen molar-refractivity contribution < 1.29 is 18.1 Å². The number of benzene rings is 1. The molecule has 1 saturated heterocycles. The third-order valence-electron chi connectivity index (χ3n) is 3.60. The lowest BCUT2D eigenvalue weighted by atomic mass is 10.2. The van der Waals surface area contributed by atoms with E-state index in [2.05, 4.69) is 9.62 Å². The van der Waals surface area contributed by atoms with Gasteiger partial charge >= 0.3 is 0 Å². The van der Waals surface area contributed by atoms with Gasteiger partial charge in [-0.15, -0.1) is 0 Å². The molecule has 0 bridgehead atoms. The molecule has 1 N–H and O–H groups in total. The largest absolute Gasteiger partial charge is 0.379 e. The van der Waals surface area contributed by atoms with E-state index in [1.165, 1.54) is 6.07 Å². The lowest BCUT2D eigenvalue weighted by Crippen LogP contribution is -2.46. The average Bonchev–Trinajstić information content (AvgIpc) is 2.48. The molecule has 128 valence electrons. The molecule has 0 unspecified atom stereocenters. The summed E-state index contributed by atoms with van der Waals surface area (Å²) in [6.45, 7) is 4.61. The molecule has 0 spiro atoms. The highest BCUT2D eigenvalue weighted by Gasteiger charge is 2.26. The Balaban J connectivity index is 2.06. The Bertz CT molecular complexity index is 682. The van der Waals surface area contributed by atoms with Crippen LogP contribution in [0, 0.1) is 10.1 Å². The summed E-state index contributed by atoms with van der Waals surface area (Å²) in [5.41, 5.74) is -0.537. The molecular formula is C13H18ClN3O5S. The van der Waals surface area contributed by atoms with E-state index in [4.69, 9.17) is 16.3 Å². The fraction of sp³-hybridized carbons (Fsp3) is 0.538. The minimum atomic E-state index is -3.98. The maximum absolute atomic E-state index is 12.3. The van der Waals surface area contributed by atoms with E-state index in [1.807, 2.05) is 6.92 Å². The zero-order chi connectivity index (χ0) is 17.0. The van der Waals surface area contributed by atoms with Crippen molar-refractivity contribution in [2.24, 2.45) is 0 Å². The van der Waals surface area contributed by atoms with E-state index in [0.29, 0.717) is 19.8 Å². The first-order valence-corrected chi connectivity index (χ1v) is 8.93. The number of sulfonamides is 1. The molecule has 0 radical (unpaired) electrons. The summed E-state index contributed by atoms with van der Waals surface area (Å²) >= 11 is 5.69. The van der Waals surface area contributed by atoms with Gasteiger partial charge in [0.2, 0.25) is 10.0 Å². The van der Waals surface area contributed by atoms with Crippen molar-refractivity contribution in [1.82, 2.24) is 9.62 Å². The van der Waals surface area contributed by atoms with Crippen LogP contribution in [-0.4, -0.2) is 57.1 Å². The summed E-state index contributed by atoms with van der Waals surface area (Å²) in [4.78, 5) is 12.0. The maximum Gasteiger partial charge on any atom is 0.290 e. The predicted octanol–water partition coefficient (Wildman–Crippen LogP) is 1.25. The molecule has 1 aromatic rings. The van der Waals surface area contributed by atoms with Gasteiger partial charge < -0.3 is 4.74 Å². The monoisotopic (exact) mass is 363 g/mol. The molecule has 10 heteroatoms. The highest BCUT2D eigenvalue weighted by atomic mass is 35.5. The number of rotatable bonds is 6. The highest BCUT2D eigenvalue weighted by molar-refractivity contribution is 7.89. The Morgan fingerprint density at radius 1 is 1.52 bits per heavy atom. The highest BCUT2D eigenvalue weighted by Crippen LogP contribution is 2.26. The van der Waals surface area contributed by atoms with E-state index in [1.54, 1.807) is 0 Å². The van der Waals surface area contributed by atoms with Crippen LogP contribution in [0.15, 0.2) is 23.1 Å². The van der Waals surface area contributed by atoms with Crippen molar-refractivity contribution in [3.8, 4) is 0 Å².